The van der Waals surface area contributed by atoms with E-state index >= 15 is 0 Å². The molecule has 78 valence electrons. The minimum Gasteiger partial charge on any atom is -0.362 e. The Morgan fingerprint density at radius 3 is 3.14 bits per heavy atom. The number of thioether (sulfide) groups is 1. The van der Waals surface area contributed by atoms with Crippen molar-refractivity contribution in [2.45, 2.75) is 19.9 Å². The Labute approximate surface area is 87.5 Å². The average molecular weight is 213 g/mol. The second kappa shape index (κ2) is 5.70. The maximum atomic E-state index is 11.2. The van der Waals surface area contributed by atoms with Gasteiger partial charge in [-0.15, -0.1) is 0 Å². The lowest BCUT2D eigenvalue weighted by atomic mass is 10.4. The van der Waals surface area contributed by atoms with E-state index in [1.165, 1.54) is 6.20 Å². The molecule has 0 aromatic carbocycles. The number of nitrogens with one attached hydrogen (secondary N) is 2. The van der Waals surface area contributed by atoms with Crippen LogP contribution >= 0.6 is 11.8 Å². The van der Waals surface area contributed by atoms with E-state index < -0.39 is 0 Å². The Balaban J connectivity index is 2.52. The van der Waals surface area contributed by atoms with E-state index in [4.69, 9.17) is 0 Å². The van der Waals surface area contributed by atoms with Crippen LogP contribution in [0.4, 0.5) is 5.82 Å². The highest BCUT2D eigenvalue weighted by atomic mass is 32.2. The van der Waals surface area contributed by atoms with Crippen molar-refractivity contribution < 1.29 is 0 Å². The monoisotopic (exact) mass is 213 g/mol. The zero-order valence-electron chi connectivity index (χ0n) is 8.41. The molecule has 5 heteroatoms. The first-order valence-electron chi connectivity index (χ1n) is 4.62. The second-order valence-corrected chi connectivity index (χ2v) is 4.29. The lowest BCUT2D eigenvalue weighted by molar-refractivity contribution is 0.892. The number of aromatic amines is 1. The molecule has 14 heavy (non-hydrogen) atoms. The van der Waals surface area contributed by atoms with Crippen LogP contribution in [0, 0.1) is 0 Å². The number of anilines is 1. The normalized spacial score (nSPS) is 12.4. The number of hydrogen-bond acceptors (Lipinski definition) is 4. The van der Waals surface area contributed by atoms with Crippen molar-refractivity contribution >= 4 is 17.6 Å². The largest absolute Gasteiger partial charge is 0.362 e. The molecule has 0 aliphatic carbocycles. The maximum absolute atomic E-state index is 11.2. The van der Waals surface area contributed by atoms with Crippen LogP contribution in [-0.4, -0.2) is 27.5 Å². The molecule has 1 aromatic rings. The van der Waals surface area contributed by atoms with E-state index in [9.17, 15) is 4.79 Å². The third kappa shape index (κ3) is 3.41. The minimum absolute atomic E-state index is 0.166. The topological polar surface area (TPSA) is 57.8 Å². The fourth-order valence-electron chi connectivity index (χ4n) is 1.02. The molecule has 1 rings (SSSR count). The fraction of sp³-hybridized carbons (Fsp3) is 0.556. The van der Waals surface area contributed by atoms with Gasteiger partial charge in [0.1, 0.15) is 0 Å². The molecular formula is C9H15N3OS. The first-order chi connectivity index (χ1) is 6.74. The molecule has 0 saturated carbocycles. The van der Waals surface area contributed by atoms with Crippen molar-refractivity contribution in [1.82, 2.24) is 9.97 Å². The molecule has 1 unspecified atom stereocenters. The molecular weight excluding hydrogens is 198 g/mol. The van der Waals surface area contributed by atoms with Gasteiger partial charge in [0.25, 0.3) is 5.56 Å². The van der Waals surface area contributed by atoms with Gasteiger partial charge in [-0.1, -0.05) is 6.92 Å². The molecule has 2 N–H and O–H groups in total. The smallest absolute Gasteiger partial charge is 0.290 e. The van der Waals surface area contributed by atoms with Crippen LogP contribution in [0.25, 0.3) is 0 Å². The van der Waals surface area contributed by atoms with Gasteiger partial charge in [-0.3, -0.25) is 4.79 Å². The molecule has 1 aromatic heterocycles. The van der Waals surface area contributed by atoms with Crippen molar-refractivity contribution in [2.24, 2.45) is 0 Å². The second-order valence-electron chi connectivity index (χ2n) is 2.97. The van der Waals surface area contributed by atoms with Gasteiger partial charge < -0.3 is 10.3 Å². The first kappa shape index (κ1) is 11.1. The summed E-state index contributed by atoms with van der Waals surface area (Å²) < 4.78 is 0. The Bertz CT molecular complexity index is 326. The van der Waals surface area contributed by atoms with Gasteiger partial charge in [0.05, 0.1) is 0 Å². The predicted octanol–water partition coefficient (Wildman–Crippen LogP) is 1.32. The van der Waals surface area contributed by atoms with Gasteiger partial charge in [0, 0.05) is 24.2 Å². The van der Waals surface area contributed by atoms with Crippen LogP contribution in [-0.2, 0) is 0 Å². The van der Waals surface area contributed by atoms with Crippen LogP contribution in [0.2, 0.25) is 0 Å². The lowest BCUT2D eigenvalue weighted by Crippen LogP contribution is -2.24. The Kier molecular flexibility index (Phi) is 4.52. The minimum atomic E-state index is -0.166. The Hall–Kier alpha value is -0.970. The zero-order valence-corrected chi connectivity index (χ0v) is 9.23. The SMILES string of the molecule is CCSCC(C)Nc1ncc[nH]c1=O. The molecule has 0 amide bonds. The predicted molar refractivity (Wildman–Crippen MR) is 60.9 cm³/mol. The summed E-state index contributed by atoms with van der Waals surface area (Å²) in [6, 6.07) is 0.260. The van der Waals surface area contributed by atoms with Gasteiger partial charge in [-0.05, 0) is 12.7 Å². The summed E-state index contributed by atoms with van der Waals surface area (Å²) in [6.07, 6.45) is 3.10. The maximum Gasteiger partial charge on any atom is 0.290 e. The van der Waals surface area contributed by atoms with E-state index in [1.807, 2.05) is 18.7 Å². The van der Waals surface area contributed by atoms with E-state index in [0.29, 0.717) is 5.82 Å². The molecule has 0 saturated heterocycles. The van der Waals surface area contributed by atoms with Crippen LogP contribution < -0.4 is 10.9 Å². The standard InChI is InChI=1S/C9H15N3OS/c1-3-14-6-7(2)12-8-9(13)11-5-4-10-8/h4-5,7H,3,6H2,1-2H3,(H,10,12)(H,11,13). The molecule has 4 nitrogen and oxygen atoms in total. The molecule has 1 heterocycles. The van der Waals surface area contributed by atoms with E-state index in [0.717, 1.165) is 11.5 Å². The Morgan fingerprint density at radius 2 is 2.50 bits per heavy atom. The van der Waals surface area contributed by atoms with Crippen molar-refractivity contribution in [1.29, 1.82) is 0 Å². The molecule has 0 aliphatic heterocycles. The zero-order chi connectivity index (χ0) is 10.4. The molecule has 0 spiro atoms. The van der Waals surface area contributed by atoms with E-state index in [-0.39, 0.29) is 11.6 Å². The number of aromatic nitrogens is 2. The van der Waals surface area contributed by atoms with Crippen LogP contribution in [0.3, 0.4) is 0 Å². The van der Waals surface area contributed by atoms with Gasteiger partial charge in [0.15, 0.2) is 5.82 Å². The quantitative estimate of drug-likeness (QED) is 0.774. The third-order valence-electron chi connectivity index (χ3n) is 1.66. The number of H-pyrrole nitrogens is 1. The average Bonchev–Trinajstić information content (AvgIpc) is 2.18. The summed E-state index contributed by atoms with van der Waals surface area (Å²) in [7, 11) is 0. The van der Waals surface area contributed by atoms with Crippen LogP contribution in [0.5, 0.6) is 0 Å². The summed E-state index contributed by atoms with van der Waals surface area (Å²) in [6.45, 7) is 4.15. The Morgan fingerprint density at radius 1 is 1.71 bits per heavy atom. The van der Waals surface area contributed by atoms with Crippen LogP contribution in [0.15, 0.2) is 17.2 Å². The van der Waals surface area contributed by atoms with Crippen molar-refractivity contribution in [3.63, 3.8) is 0 Å². The first-order valence-corrected chi connectivity index (χ1v) is 5.77. The summed E-state index contributed by atoms with van der Waals surface area (Å²) in [5, 5.41) is 3.07. The summed E-state index contributed by atoms with van der Waals surface area (Å²) in [5.41, 5.74) is -0.166. The molecule has 0 radical (unpaired) electrons. The summed E-state index contributed by atoms with van der Waals surface area (Å²) in [4.78, 5) is 17.8. The van der Waals surface area contributed by atoms with Gasteiger partial charge in [-0.25, -0.2) is 4.98 Å². The highest BCUT2D eigenvalue weighted by Gasteiger charge is 2.04. The molecule has 1 atom stereocenters. The fourth-order valence-corrected chi connectivity index (χ4v) is 1.70. The van der Waals surface area contributed by atoms with Crippen molar-refractivity contribution in [3.8, 4) is 0 Å². The lowest BCUT2D eigenvalue weighted by Gasteiger charge is -2.12. The highest BCUT2D eigenvalue weighted by molar-refractivity contribution is 7.99. The molecule has 0 aliphatic rings. The third-order valence-corrected chi connectivity index (χ3v) is 2.81. The molecule has 0 fully saturated rings. The highest BCUT2D eigenvalue weighted by Crippen LogP contribution is 2.04. The van der Waals surface area contributed by atoms with Crippen LogP contribution in [0.1, 0.15) is 13.8 Å². The van der Waals surface area contributed by atoms with E-state index in [1.54, 1.807) is 6.20 Å². The van der Waals surface area contributed by atoms with Gasteiger partial charge >= 0.3 is 0 Å². The van der Waals surface area contributed by atoms with Crippen molar-refractivity contribution in [3.05, 3.63) is 22.7 Å². The number of nitrogens with zero attached hydrogens (tertiary/aromatic N) is 1. The molecule has 0 bridgehead atoms. The number of hydrogen-bond donors (Lipinski definition) is 2. The van der Waals surface area contributed by atoms with E-state index in [2.05, 4.69) is 22.2 Å². The van der Waals surface area contributed by atoms with Gasteiger partial charge in [-0.2, -0.15) is 11.8 Å². The number of rotatable bonds is 5. The summed E-state index contributed by atoms with van der Waals surface area (Å²) in [5.74, 6) is 2.47. The van der Waals surface area contributed by atoms with Crippen molar-refractivity contribution in [2.75, 3.05) is 16.8 Å². The summed E-state index contributed by atoms with van der Waals surface area (Å²) >= 11 is 1.84. The van der Waals surface area contributed by atoms with Gasteiger partial charge in [0.2, 0.25) is 0 Å².